The molecule has 0 bridgehead atoms. The Labute approximate surface area is 126 Å². The second-order valence-electron chi connectivity index (χ2n) is 4.98. The smallest absolute Gasteiger partial charge is 0.339 e. The number of nitrogens with one attached hydrogen (secondary N) is 1. The summed E-state index contributed by atoms with van der Waals surface area (Å²) in [6.07, 6.45) is 1.90. The van der Waals surface area contributed by atoms with Gasteiger partial charge >= 0.3 is 5.97 Å². The maximum atomic E-state index is 11.8. The Bertz CT molecular complexity index is 581. The normalized spacial score (nSPS) is 11.7. The summed E-state index contributed by atoms with van der Waals surface area (Å²) in [5, 5.41) is 3.46. The van der Waals surface area contributed by atoms with E-state index in [1.54, 1.807) is 6.07 Å². The molecule has 21 heavy (non-hydrogen) atoms. The lowest BCUT2D eigenvalue weighted by Gasteiger charge is -2.20. The standard InChI is InChI=1S/C18H21NO2/c1-3-15(13-14-9-5-4-6-10-14)19-17-12-8-7-11-16(17)18(20)21-2/h4-12,15,19H,3,13H2,1-2H3. The zero-order chi connectivity index (χ0) is 15.1. The number of carbonyl (C=O) groups is 1. The zero-order valence-electron chi connectivity index (χ0n) is 12.5. The molecule has 0 spiro atoms. The lowest BCUT2D eigenvalue weighted by Crippen LogP contribution is -2.22. The van der Waals surface area contributed by atoms with Crippen molar-refractivity contribution in [2.45, 2.75) is 25.8 Å². The second-order valence-corrected chi connectivity index (χ2v) is 4.98. The molecule has 0 radical (unpaired) electrons. The number of benzene rings is 2. The molecule has 0 amide bonds. The average Bonchev–Trinajstić information content (AvgIpc) is 2.55. The summed E-state index contributed by atoms with van der Waals surface area (Å²) in [4.78, 5) is 11.8. The third-order valence-corrected chi connectivity index (χ3v) is 3.51. The Balaban J connectivity index is 2.13. The Kier molecular flexibility index (Phi) is 5.38. The van der Waals surface area contributed by atoms with Crippen molar-refractivity contribution in [3.8, 4) is 0 Å². The Morgan fingerprint density at radius 1 is 1.10 bits per heavy atom. The molecule has 1 N–H and O–H groups in total. The lowest BCUT2D eigenvalue weighted by molar-refractivity contribution is 0.0602. The molecule has 0 saturated heterocycles. The molecule has 2 aromatic rings. The summed E-state index contributed by atoms with van der Waals surface area (Å²) in [6.45, 7) is 2.14. The molecule has 0 aromatic heterocycles. The molecule has 0 aliphatic rings. The van der Waals surface area contributed by atoms with Crippen molar-refractivity contribution in [1.82, 2.24) is 0 Å². The Morgan fingerprint density at radius 3 is 2.43 bits per heavy atom. The zero-order valence-corrected chi connectivity index (χ0v) is 12.5. The first-order valence-electron chi connectivity index (χ1n) is 7.22. The van der Waals surface area contributed by atoms with E-state index in [0.29, 0.717) is 5.56 Å². The van der Waals surface area contributed by atoms with Crippen molar-refractivity contribution in [1.29, 1.82) is 0 Å². The molecule has 110 valence electrons. The number of hydrogen-bond acceptors (Lipinski definition) is 3. The van der Waals surface area contributed by atoms with Gasteiger partial charge in [-0.3, -0.25) is 0 Å². The summed E-state index contributed by atoms with van der Waals surface area (Å²) in [7, 11) is 1.40. The third kappa shape index (κ3) is 4.09. The molecule has 0 saturated carbocycles. The van der Waals surface area contributed by atoms with Crippen molar-refractivity contribution in [2.75, 3.05) is 12.4 Å². The van der Waals surface area contributed by atoms with Crippen LogP contribution in [0.15, 0.2) is 54.6 Å². The molecule has 2 aromatic carbocycles. The van der Waals surface area contributed by atoms with Crippen LogP contribution in [0.5, 0.6) is 0 Å². The van der Waals surface area contributed by atoms with Crippen LogP contribution in [0.3, 0.4) is 0 Å². The molecule has 3 heteroatoms. The van der Waals surface area contributed by atoms with Crippen molar-refractivity contribution in [3.05, 3.63) is 65.7 Å². The van der Waals surface area contributed by atoms with Gasteiger partial charge in [-0.25, -0.2) is 4.79 Å². The number of rotatable bonds is 6. The van der Waals surface area contributed by atoms with Crippen LogP contribution in [0, 0.1) is 0 Å². The van der Waals surface area contributed by atoms with Crippen LogP contribution in [0.25, 0.3) is 0 Å². The highest BCUT2D eigenvalue weighted by Crippen LogP contribution is 2.19. The van der Waals surface area contributed by atoms with Gasteiger partial charge in [0, 0.05) is 11.7 Å². The van der Waals surface area contributed by atoms with Gasteiger partial charge in [0.25, 0.3) is 0 Å². The van der Waals surface area contributed by atoms with E-state index in [1.807, 2.05) is 36.4 Å². The molecule has 1 unspecified atom stereocenters. The van der Waals surface area contributed by atoms with Gasteiger partial charge in [-0.2, -0.15) is 0 Å². The van der Waals surface area contributed by atoms with Crippen LogP contribution < -0.4 is 5.32 Å². The molecule has 0 aliphatic heterocycles. The summed E-state index contributed by atoms with van der Waals surface area (Å²) in [5.74, 6) is -0.312. The van der Waals surface area contributed by atoms with E-state index in [2.05, 4.69) is 24.4 Å². The topological polar surface area (TPSA) is 38.3 Å². The average molecular weight is 283 g/mol. The van der Waals surface area contributed by atoms with Gasteiger partial charge in [0.05, 0.1) is 12.7 Å². The van der Waals surface area contributed by atoms with E-state index in [4.69, 9.17) is 4.74 Å². The van der Waals surface area contributed by atoms with Gasteiger partial charge in [-0.1, -0.05) is 49.4 Å². The lowest BCUT2D eigenvalue weighted by atomic mass is 10.0. The van der Waals surface area contributed by atoms with Gasteiger partial charge < -0.3 is 10.1 Å². The number of anilines is 1. The number of carbonyl (C=O) groups excluding carboxylic acids is 1. The van der Waals surface area contributed by atoms with Gasteiger partial charge in [-0.05, 0) is 30.5 Å². The number of esters is 1. The molecule has 0 fully saturated rings. The van der Waals surface area contributed by atoms with Crippen molar-refractivity contribution in [3.63, 3.8) is 0 Å². The van der Waals surface area contributed by atoms with Gasteiger partial charge in [-0.15, -0.1) is 0 Å². The molecular formula is C18H21NO2. The van der Waals surface area contributed by atoms with Gasteiger partial charge in [0.2, 0.25) is 0 Å². The fraction of sp³-hybridized carbons (Fsp3) is 0.278. The highest BCUT2D eigenvalue weighted by Gasteiger charge is 2.14. The number of methoxy groups -OCH3 is 1. The first kappa shape index (κ1) is 15.1. The van der Waals surface area contributed by atoms with Crippen molar-refractivity contribution >= 4 is 11.7 Å². The quantitative estimate of drug-likeness (QED) is 0.817. The highest BCUT2D eigenvalue weighted by molar-refractivity contribution is 5.95. The minimum atomic E-state index is -0.312. The van der Waals surface area contributed by atoms with Crippen molar-refractivity contribution in [2.24, 2.45) is 0 Å². The summed E-state index contributed by atoms with van der Waals surface area (Å²) in [5.41, 5.74) is 2.69. The van der Waals surface area contributed by atoms with Gasteiger partial charge in [0.1, 0.15) is 0 Å². The molecule has 0 aliphatic carbocycles. The van der Waals surface area contributed by atoms with E-state index in [9.17, 15) is 4.79 Å². The number of ether oxygens (including phenoxy) is 1. The van der Waals surface area contributed by atoms with E-state index < -0.39 is 0 Å². The summed E-state index contributed by atoms with van der Waals surface area (Å²) in [6, 6.07) is 18.1. The predicted molar refractivity (Wildman–Crippen MR) is 85.6 cm³/mol. The molecular weight excluding hydrogens is 262 g/mol. The first-order chi connectivity index (χ1) is 10.2. The van der Waals surface area contributed by atoms with Crippen LogP contribution in [0.2, 0.25) is 0 Å². The monoisotopic (exact) mass is 283 g/mol. The number of hydrogen-bond donors (Lipinski definition) is 1. The minimum Gasteiger partial charge on any atom is -0.465 e. The van der Waals surface area contributed by atoms with E-state index in [0.717, 1.165) is 18.5 Å². The fourth-order valence-electron chi connectivity index (χ4n) is 2.31. The molecule has 2 rings (SSSR count). The molecule has 0 heterocycles. The van der Waals surface area contributed by atoms with Gasteiger partial charge in [0.15, 0.2) is 0 Å². The summed E-state index contributed by atoms with van der Waals surface area (Å²) < 4.78 is 4.83. The molecule has 3 nitrogen and oxygen atoms in total. The maximum Gasteiger partial charge on any atom is 0.339 e. The van der Waals surface area contributed by atoms with Crippen LogP contribution >= 0.6 is 0 Å². The number of para-hydroxylation sites is 1. The Morgan fingerprint density at radius 2 is 1.76 bits per heavy atom. The fourth-order valence-corrected chi connectivity index (χ4v) is 2.31. The highest BCUT2D eigenvalue weighted by atomic mass is 16.5. The van der Waals surface area contributed by atoms with Crippen LogP contribution in [0.4, 0.5) is 5.69 Å². The molecule has 1 atom stereocenters. The van der Waals surface area contributed by atoms with Crippen molar-refractivity contribution < 1.29 is 9.53 Å². The predicted octanol–water partition coefficient (Wildman–Crippen LogP) is 3.91. The first-order valence-corrected chi connectivity index (χ1v) is 7.22. The second kappa shape index (κ2) is 7.48. The van der Waals surface area contributed by atoms with E-state index in [-0.39, 0.29) is 12.0 Å². The minimum absolute atomic E-state index is 0.276. The van der Waals surface area contributed by atoms with E-state index >= 15 is 0 Å². The SMILES string of the molecule is CCC(Cc1ccccc1)Nc1ccccc1C(=O)OC. The third-order valence-electron chi connectivity index (χ3n) is 3.51. The van der Waals surface area contributed by atoms with Crippen LogP contribution in [-0.2, 0) is 11.2 Å². The van der Waals surface area contributed by atoms with Crippen LogP contribution in [-0.4, -0.2) is 19.1 Å². The maximum absolute atomic E-state index is 11.8. The Hall–Kier alpha value is -2.29. The van der Waals surface area contributed by atoms with Crippen LogP contribution in [0.1, 0.15) is 29.3 Å². The largest absolute Gasteiger partial charge is 0.465 e. The summed E-state index contributed by atoms with van der Waals surface area (Å²) >= 11 is 0. The van der Waals surface area contributed by atoms with E-state index in [1.165, 1.54) is 12.7 Å².